The molecule has 27 heavy (non-hydrogen) atoms. The predicted octanol–water partition coefficient (Wildman–Crippen LogP) is 5.20. The first kappa shape index (κ1) is 17.4. The maximum atomic E-state index is 13.3. The summed E-state index contributed by atoms with van der Waals surface area (Å²) in [6, 6.07) is 6.58. The molecule has 5 rings (SSSR count). The lowest BCUT2D eigenvalue weighted by molar-refractivity contribution is -0.149. The maximum absolute atomic E-state index is 13.3. The molecule has 2 fully saturated rings. The Bertz CT molecular complexity index is 908. The standard InChI is InChI=1S/C22H24FNO2S/c1-11-15-8-9-22(3)10-16-18(12(2)17(22)19(15)26-21(11)25)24-20(27-16)13-4-6-14(23)7-5-13/h4-7,11-12,15,17,19H,8-10H2,1-3H3. The highest BCUT2D eigenvalue weighted by Crippen LogP contribution is 2.59. The number of carbonyl (C=O) groups excluding carboxylic acids is 1. The Morgan fingerprint density at radius 2 is 1.96 bits per heavy atom. The van der Waals surface area contributed by atoms with Crippen molar-refractivity contribution in [1.29, 1.82) is 0 Å². The number of aromatic nitrogens is 1. The third kappa shape index (κ3) is 2.50. The smallest absolute Gasteiger partial charge is 0.309 e. The van der Waals surface area contributed by atoms with Gasteiger partial charge in [0.05, 0.1) is 11.6 Å². The van der Waals surface area contributed by atoms with Gasteiger partial charge < -0.3 is 4.74 Å². The molecule has 1 aromatic carbocycles. The quantitative estimate of drug-likeness (QED) is 0.633. The monoisotopic (exact) mass is 385 g/mol. The van der Waals surface area contributed by atoms with Gasteiger partial charge in [0, 0.05) is 28.2 Å². The first-order valence-electron chi connectivity index (χ1n) is 9.83. The van der Waals surface area contributed by atoms with Crippen molar-refractivity contribution in [3.05, 3.63) is 40.7 Å². The van der Waals surface area contributed by atoms with Crippen LogP contribution in [0.25, 0.3) is 10.6 Å². The Morgan fingerprint density at radius 1 is 1.22 bits per heavy atom. The van der Waals surface area contributed by atoms with Crippen LogP contribution in [-0.4, -0.2) is 17.1 Å². The van der Waals surface area contributed by atoms with Crippen LogP contribution in [0.15, 0.2) is 24.3 Å². The molecule has 0 radical (unpaired) electrons. The van der Waals surface area contributed by atoms with Crippen LogP contribution in [0.2, 0.25) is 0 Å². The highest BCUT2D eigenvalue weighted by molar-refractivity contribution is 7.15. The normalized spacial score (nSPS) is 37.3. The van der Waals surface area contributed by atoms with Gasteiger partial charge in [0.25, 0.3) is 0 Å². The van der Waals surface area contributed by atoms with E-state index in [1.54, 1.807) is 23.5 Å². The van der Waals surface area contributed by atoms with E-state index in [1.165, 1.54) is 17.0 Å². The van der Waals surface area contributed by atoms with Gasteiger partial charge in [0.2, 0.25) is 0 Å². The minimum absolute atomic E-state index is 0.0124. The minimum atomic E-state index is -0.227. The number of ether oxygens (including phenoxy) is 1. The van der Waals surface area contributed by atoms with Crippen molar-refractivity contribution in [1.82, 2.24) is 4.98 Å². The van der Waals surface area contributed by atoms with Gasteiger partial charge in [-0.1, -0.05) is 20.8 Å². The fourth-order valence-electron chi connectivity index (χ4n) is 5.79. The molecule has 3 aliphatic rings. The van der Waals surface area contributed by atoms with E-state index >= 15 is 0 Å². The van der Waals surface area contributed by atoms with Crippen LogP contribution in [-0.2, 0) is 16.0 Å². The van der Waals surface area contributed by atoms with E-state index in [2.05, 4.69) is 13.8 Å². The van der Waals surface area contributed by atoms with Crippen molar-refractivity contribution in [2.75, 3.05) is 0 Å². The predicted molar refractivity (Wildman–Crippen MR) is 103 cm³/mol. The highest BCUT2D eigenvalue weighted by Gasteiger charge is 2.58. The molecule has 1 saturated carbocycles. The molecule has 2 aromatic rings. The first-order chi connectivity index (χ1) is 12.9. The average molecular weight is 386 g/mol. The zero-order valence-corrected chi connectivity index (χ0v) is 16.7. The zero-order valence-electron chi connectivity index (χ0n) is 15.9. The van der Waals surface area contributed by atoms with Gasteiger partial charge in [0.1, 0.15) is 16.9 Å². The van der Waals surface area contributed by atoms with Crippen molar-refractivity contribution >= 4 is 17.3 Å². The molecule has 6 unspecified atom stereocenters. The van der Waals surface area contributed by atoms with Gasteiger partial charge in [-0.25, -0.2) is 9.37 Å². The Balaban J connectivity index is 1.54. The van der Waals surface area contributed by atoms with Crippen molar-refractivity contribution in [3.63, 3.8) is 0 Å². The first-order valence-corrected chi connectivity index (χ1v) is 10.6. The maximum Gasteiger partial charge on any atom is 0.309 e. The molecule has 1 aromatic heterocycles. The summed E-state index contributed by atoms with van der Waals surface area (Å²) in [5.41, 5.74) is 2.26. The van der Waals surface area contributed by atoms with Gasteiger partial charge in [-0.15, -0.1) is 11.3 Å². The molecule has 5 heteroatoms. The van der Waals surface area contributed by atoms with Crippen LogP contribution >= 0.6 is 11.3 Å². The molecule has 0 spiro atoms. The molecule has 6 atom stereocenters. The lowest BCUT2D eigenvalue weighted by Crippen LogP contribution is -2.50. The third-order valence-electron chi connectivity index (χ3n) is 7.25. The number of rotatable bonds is 1. The number of hydrogen-bond acceptors (Lipinski definition) is 4. The van der Waals surface area contributed by atoms with Crippen molar-refractivity contribution in [2.45, 2.75) is 52.1 Å². The molecule has 0 bridgehead atoms. The number of hydrogen-bond donors (Lipinski definition) is 0. The summed E-state index contributed by atoms with van der Waals surface area (Å²) in [5.74, 6) is 0.678. The van der Waals surface area contributed by atoms with Gasteiger partial charge in [0.15, 0.2) is 0 Å². The second kappa shape index (κ2) is 5.87. The summed E-state index contributed by atoms with van der Waals surface area (Å²) in [4.78, 5) is 18.5. The van der Waals surface area contributed by atoms with Gasteiger partial charge >= 0.3 is 5.97 Å². The number of esters is 1. The van der Waals surface area contributed by atoms with Crippen LogP contribution in [0.3, 0.4) is 0 Å². The van der Waals surface area contributed by atoms with Crippen LogP contribution in [0, 0.1) is 29.0 Å². The SMILES string of the molecule is CC1C(=O)OC2C1CCC1(C)Cc3sc(-c4ccc(F)cc4)nc3C(C)C21. The lowest BCUT2D eigenvalue weighted by Gasteiger charge is -2.51. The second-order valence-electron chi connectivity index (χ2n) is 8.87. The summed E-state index contributed by atoms with van der Waals surface area (Å²) < 4.78 is 19.2. The van der Waals surface area contributed by atoms with E-state index in [-0.39, 0.29) is 35.1 Å². The van der Waals surface area contributed by atoms with Gasteiger partial charge in [-0.05, 0) is 48.9 Å². The molecule has 0 N–H and O–H groups in total. The molecule has 3 nitrogen and oxygen atoms in total. The Kier molecular flexibility index (Phi) is 3.77. The molecule has 0 amide bonds. The number of nitrogens with zero attached hydrogens (tertiary/aromatic N) is 1. The van der Waals surface area contributed by atoms with Crippen LogP contribution in [0.5, 0.6) is 0 Å². The Labute approximate surface area is 163 Å². The number of halogens is 1. The Morgan fingerprint density at radius 3 is 2.70 bits per heavy atom. The van der Waals surface area contributed by atoms with E-state index in [1.807, 2.05) is 6.92 Å². The molecular formula is C22H24FNO2S. The van der Waals surface area contributed by atoms with Crippen LogP contribution in [0.4, 0.5) is 4.39 Å². The number of benzene rings is 1. The van der Waals surface area contributed by atoms with E-state index < -0.39 is 0 Å². The fraction of sp³-hybridized carbons (Fsp3) is 0.545. The summed E-state index contributed by atoms with van der Waals surface area (Å²) in [7, 11) is 0. The highest BCUT2D eigenvalue weighted by atomic mass is 32.1. The summed E-state index contributed by atoms with van der Waals surface area (Å²) in [6.45, 7) is 6.62. The van der Waals surface area contributed by atoms with E-state index in [0.29, 0.717) is 11.8 Å². The molecule has 2 aliphatic carbocycles. The van der Waals surface area contributed by atoms with E-state index in [4.69, 9.17) is 9.72 Å². The molecular weight excluding hydrogens is 361 g/mol. The molecule has 2 heterocycles. The number of carbonyl (C=O) groups is 1. The van der Waals surface area contributed by atoms with Crippen LogP contribution < -0.4 is 0 Å². The number of fused-ring (bicyclic) bond motifs is 4. The zero-order chi connectivity index (χ0) is 18.9. The fourth-order valence-corrected chi connectivity index (χ4v) is 7.16. The molecule has 1 aliphatic heterocycles. The second-order valence-corrected chi connectivity index (χ2v) is 9.96. The lowest BCUT2D eigenvalue weighted by atomic mass is 9.54. The van der Waals surface area contributed by atoms with Crippen molar-refractivity contribution < 1.29 is 13.9 Å². The van der Waals surface area contributed by atoms with Crippen LogP contribution in [0.1, 0.15) is 50.1 Å². The van der Waals surface area contributed by atoms with Gasteiger partial charge in [-0.2, -0.15) is 0 Å². The third-order valence-corrected chi connectivity index (χ3v) is 8.37. The largest absolute Gasteiger partial charge is 0.461 e. The minimum Gasteiger partial charge on any atom is -0.461 e. The summed E-state index contributed by atoms with van der Waals surface area (Å²) in [6.07, 6.45) is 3.21. The Hall–Kier alpha value is -1.75. The van der Waals surface area contributed by atoms with Crippen molar-refractivity contribution in [2.24, 2.45) is 23.2 Å². The van der Waals surface area contributed by atoms with E-state index in [9.17, 15) is 9.18 Å². The van der Waals surface area contributed by atoms with Crippen molar-refractivity contribution in [3.8, 4) is 10.6 Å². The summed E-state index contributed by atoms with van der Waals surface area (Å²) >= 11 is 1.74. The topological polar surface area (TPSA) is 39.2 Å². The van der Waals surface area contributed by atoms with E-state index in [0.717, 1.165) is 35.5 Å². The number of thiazole rings is 1. The molecule has 142 valence electrons. The molecule has 1 saturated heterocycles. The summed E-state index contributed by atoms with van der Waals surface area (Å²) in [5, 5.41) is 0.961. The van der Waals surface area contributed by atoms with Gasteiger partial charge in [-0.3, -0.25) is 4.79 Å². The average Bonchev–Trinajstić information content (AvgIpc) is 3.16.